The molecule has 0 saturated heterocycles. The van der Waals surface area contributed by atoms with Gasteiger partial charge in [0.05, 0.1) is 33.6 Å². The molecule has 1 aliphatic rings. The lowest BCUT2D eigenvalue weighted by molar-refractivity contribution is 0.756. The average molecular weight is 819 g/mol. The lowest BCUT2D eigenvalue weighted by Gasteiger charge is -2.19. The first-order valence-electron chi connectivity index (χ1n) is 22.1. The third kappa shape index (κ3) is 6.42. The van der Waals surface area contributed by atoms with Crippen LogP contribution < -0.4 is 0 Å². The number of nitrogens with zero attached hydrogens (tertiary/aromatic N) is 4. The highest BCUT2D eigenvalue weighted by Gasteiger charge is 2.24. The Morgan fingerprint density at radius 1 is 0.469 bits per heavy atom. The van der Waals surface area contributed by atoms with Crippen molar-refractivity contribution in [3.8, 4) is 61.8 Å². The van der Waals surface area contributed by atoms with Crippen LogP contribution >= 0.6 is 0 Å². The standard InChI is InChI=1S/C60H42N4/c1-39-16-8-9-21-46(39)58-57-52-25-13-15-27-56(52)64(59(57)51-24-12-14-26-53(51)61-58)45-34-32-42(33-35-45)47-36-37-50(49-23-11-10-22-48(47)49)55-38-54(62-60(63-55)44-19-6-3-7-20-44)43-30-28-41(29-31-43)40-17-4-2-5-18-40/h2-15,17-39H,16H2,1H3. The van der Waals surface area contributed by atoms with Crippen LogP contribution in [0.2, 0.25) is 0 Å². The number of hydrogen-bond acceptors (Lipinski definition) is 3. The maximum atomic E-state index is 5.38. The number of benzene rings is 8. The highest BCUT2D eigenvalue weighted by Crippen LogP contribution is 2.43. The van der Waals surface area contributed by atoms with E-state index in [2.05, 4.69) is 206 Å². The second-order valence-corrected chi connectivity index (χ2v) is 16.8. The van der Waals surface area contributed by atoms with Crippen LogP contribution in [-0.2, 0) is 0 Å². The van der Waals surface area contributed by atoms with E-state index < -0.39 is 0 Å². The Balaban J connectivity index is 0.978. The van der Waals surface area contributed by atoms with Crippen molar-refractivity contribution in [2.45, 2.75) is 13.3 Å². The van der Waals surface area contributed by atoms with Gasteiger partial charge in [-0.15, -0.1) is 0 Å². The zero-order valence-corrected chi connectivity index (χ0v) is 35.4. The SMILES string of the molecule is CC1CC=CC=C1c1nc2ccccc2c2c1c1ccccc1n2-c1ccc(-c2ccc(-c3cc(-c4ccc(-c5ccccc5)cc4)nc(-c4ccccc4)n3)c3ccccc23)cc1. The van der Waals surface area contributed by atoms with E-state index in [1.54, 1.807) is 0 Å². The second-order valence-electron chi connectivity index (χ2n) is 16.8. The minimum Gasteiger partial charge on any atom is -0.308 e. The molecule has 1 atom stereocenters. The van der Waals surface area contributed by atoms with Gasteiger partial charge in [-0.2, -0.15) is 0 Å². The number of rotatable bonds is 7. The summed E-state index contributed by atoms with van der Waals surface area (Å²) in [6, 6.07) is 71.2. The van der Waals surface area contributed by atoms with Gasteiger partial charge in [0.2, 0.25) is 0 Å². The first-order valence-corrected chi connectivity index (χ1v) is 22.1. The van der Waals surface area contributed by atoms with Crippen LogP contribution in [0.3, 0.4) is 0 Å². The predicted molar refractivity (Wildman–Crippen MR) is 267 cm³/mol. The lowest BCUT2D eigenvalue weighted by Crippen LogP contribution is -2.04. The maximum absolute atomic E-state index is 5.38. The molecular weight excluding hydrogens is 777 g/mol. The van der Waals surface area contributed by atoms with Crippen LogP contribution in [0.15, 0.2) is 218 Å². The summed E-state index contributed by atoms with van der Waals surface area (Å²) >= 11 is 0. The molecule has 0 N–H and O–H groups in total. The molecule has 1 unspecified atom stereocenters. The summed E-state index contributed by atoms with van der Waals surface area (Å²) in [4.78, 5) is 15.8. The van der Waals surface area contributed by atoms with E-state index in [0.29, 0.717) is 11.7 Å². The van der Waals surface area contributed by atoms with Crippen molar-refractivity contribution in [3.05, 3.63) is 224 Å². The van der Waals surface area contributed by atoms with E-state index in [9.17, 15) is 0 Å². The van der Waals surface area contributed by atoms with Crippen molar-refractivity contribution in [3.63, 3.8) is 0 Å². The summed E-state index contributed by atoms with van der Waals surface area (Å²) in [7, 11) is 0. The topological polar surface area (TPSA) is 43.6 Å². The van der Waals surface area contributed by atoms with Crippen molar-refractivity contribution in [1.82, 2.24) is 19.5 Å². The Morgan fingerprint density at radius 2 is 1.05 bits per heavy atom. The van der Waals surface area contributed by atoms with E-state index in [-0.39, 0.29) is 0 Å². The molecule has 0 radical (unpaired) electrons. The Morgan fingerprint density at radius 3 is 1.80 bits per heavy atom. The number of para-hydroxylation sites is 2. The largest absolute Gasteiger partial charge is 0.308 e. The molecule has 12 rings (SSSR count). The van der Waals surface area contributed by atoms with E-state index in [4.69, 9.17) is 15.0 Å². The van der Waals surface area contributed by atoms with Crippen molar-refractivity contribution in [1.29, 1.82) is 0 Å². The lowest BCUT2D eigenvalue weighted by atomic mass is 9.88. The van der Waals surface area contributed by atoms with Gasteiger partial charge in [0, 0.05) is 38.5 Å². The molecule has 3 aromatic heterocycles. The first-order chi connectivity index (χ1) is 31.7. The molecule has 0 saturated carbocycles. The molecule has 0 spiro atoms. The third-order valence-corrected chi connectivity index (χ3v) is 12.9. The van der Waals surface area contributed by atoms with Crippen molar-refractivity contribution < 1.29 is 0 Å². The second kappa shape index (κ2) is 15.6. The van der Waals surface area contributed by atoms with Crippen LogP contribution in [0, 0.1) is 5.92 Å². The van der Waals surface area contributed by atoms with E-state index in [1.807, 2.05) is 24.3 Å². The van der Waals surface area contributed by atoms with Crippen LogP contribution in [0.25, 0.3) is 111 Å². The molecule has 8 aromatic carbocycles. The quantitative estimate of drug-likeness (QED) is 0.161. The molecule has 1 aliphatic carbocycles. The van der Waals surface area contributed by atoms with Gasteiger partial charge in [-0.3, -0.25) is 0 Å². The molecule has 0 amide bonds. The van der Waals surface area contributed by atoms with Gasteiger partial charge in [-0.05, 0) is 81.3 Å². The highest BCUT2D eigenvalue weighted by atomic mass is 15.0. The van der Waals surface area contributed by atoms with Gasteiger partial charge >= 0.3 is 0 Å². The minimum absolute atomic E-state index is 0.379. The van der Waals surface area contributed by atoms with Gasteiger partial charge in [0.25, 0.3) is 0 Å². The fourth-order valence-corrected chi connectivity index (χ4v) is 9.70. The fraction of sp³-hybridized carbons (Fsp3) is 0.0500. The fourth-order valence-electron chi connectivity index (χ4n) is 9.70. The average Bonchev–Trinajstić information content (AvgIpc) is 3.72. The first kappa shape index (κ1) is 37.5. The van der Waals surface area contributed by atoms with Gasteiger partial charge < -0.3 is 4.57 Å². The zero-order chi connectivity index (χ0) is 42.6. The molecular formula is C60H42N4. The Labute approximate surface area is 372 Å². The summed E-state index contributed by atoms with van der Waals surface area (Å²) < 4.78 is 2.44. The number of pyridine rings is 1. The summed E-state index contributed by atoms with van der Waals surface area (Å²) in [5, 5.41) is 5.88. The summed E-state index contributed by atoms with van der Waals surface area (Å²) in [6.07, 6.45) is 7.72. The molecule has 0 bridgehead atoms. The van der Waals surface area contributed by atoms with E-state index in [1.165, 1.54) is 49.5 Å². The van der Waals surface area contributed by atoms with Gasteiger partial charge in [0.15, 0.2) is 5.82 Å². The van der Waals surface area contributed by atoms with Crippen LogP contribution in [-0.4, -0.2) is 19.5 Å². The van der Waals surface area contributed by atoms with Crippen LogP contribution in [0.4, 0.5) is 0 Å². The maximum Gasteiger partial charge on any atom is 0.160 e. The van der Waals surface area contributed by atoms with Crippen molar-refractivity contribution >= 4 is 49.1 Å². The van der Waals surface area contributed by atoms with Crippen molar-refractivity contribution in [2.24, 2.45) is 5.92 Å². The molecule has 0 aliphatic heterocycles. The Bertz CT molecular complexity index is 3620. The third-order valence-electron chi connectivity index (χ3n) is 12.9. The molecule has 4 heteroatoms. The smallest absolute Gasteiger partial charge is 0.160 e. The van der Waals surface area contributed by atoms with Crippen LogP contribution in [0.5, 0.6) is 0 Å². The summed E-state index contributed by atoms with van der Waals surface area (Å²) in [5.41, 5.74) is 16.4. The van der Waals surface area contributed by atoms with Gasteiger partial charge in [-0.1, -0.05) is 195 Å². The van der Waals surface area contributed by atoms with E-state index >= 15 is 0 Å². The number of fused-ring (bicyclic) bond motifs is 6. The monoisotopic (exact) mass is 818 g/mol. The number of aromatic nitrogens is 4. The zero-order valence-electron chi connectivity index (χ0n) is 35.4. The minimum atomic E-state index is 0.379. The highest BCUT2D eigenvalue weighted by molar-refractivity contribution is 6.21. The normalized spacial score (nSPS) is 13.8. The summed E-state index contributed by atoms with van der Waals surface area (Å²) in [5.74, 6) is 1.08. The molecule has 0 fully saturated rings. The summed E-state index contributed by atoms with van der Waals surface area (Å²) in [6.45, 7) is 2.31. The van der Waals surface area contributed by atoms with Crippen molar-refractivity contribution in [2.75, 3.05) is 0 Å². The predicted octanol–water partition coefficient (Wildman–Crippen LogP) is 15.6. The molecule has 64 heavy (non-hydrogen) atoms. The number of hydrogen-bond donors (Lipinski definition) is 0. The van der Waals surface area contributed by atoms with E-state index in [0.717, 1.165) is 67.7 Å². The Hall–Kier alpha value is -8.21. The molecule has 11 aromatic rings. The van der Waals surface area contributed by atoms with Crippen LogP contribution in [0.1, 0.15) is 19.0 Å². The number of allylic oxidation sites excluding steroid dienone is 4. The van der Waals surface area contributed by atoms with Gasteiger partial charge in [0.1, 0.15) is 0 Å². The molecule has 302 valence electrons. The molecule has 4 nitrogen and oxygen atoms in total. The van der Waals surface area contributed by atoms with Gasteiger partial charge in [-0.25, -0.2) is 15.0 Å². The Kier molecular flexibility index (Phi) is 9.15. The molecule has 3 heterocycles.